The van der Waals surface area contributed by atoms with Gasteiger partial charge in [0.2, 0.25) is 5.91 Å². The minimum absolute atomic E-state index is 0.0932. The summed E-state index contributed by atoms with van der Waals surface area (Å²) in [7, 11) is -4.83. The van der Waals surface area contributed by atoms with Crippen molar-refractivity contribution in [2.24, 2.45) is 0 Å². The molecule has 3 aliphatic rings. The average molecular weight is 364 g/mol. The first-order chi connectivity index (χ1) is 11.2. The van der Waals surface area contributed by atoms with E-state index in [1.54, 1.807) is 0 Å². The molecular weight excluding hydrogens is 348 g/mol. The number of hydrogen-bond donors (Lipinski definition) is 3. The number of rotatable bonds is 5. The molecule has 0 aromatic heterocycles. The number of carbonyl (C=O) groups is 3. The molecule has 3 aliphatic heterocycles. The zero-order chi connectivity index (χ0) is 17.5. The average Bonchev–Trinajstić information content (AvgIpc) is 3.02. The van der Waals surface area contributed by atoms with E-state index in [0.717, 1.165) is 4.90 Å². The van der Waals surface area contributed by atoms with E-state index < -0.39 is 40.5 Å². The lowest BCUT2D eigenvalue weighted by atomic mass is 10.0. The molecule has 24 heavy (non-hydrogen) atoms. The van der Waals surface area contributed by atoms with E-state index in [1.807, 2.05) is 0 Å². The van der Waals surface area contributed by atoms with E-state index in [2.05, 4.69) is 15.1 Å². The number of nitrogens with zero attached hydrogens (tertiary/aromatic N) is 2. The molecule has 12 nitrogen and oxygen atoms in total. The fourth-order valence-corrected chi connectivity index (χ4v) is 3.36. The second-order valence-electron chi connectivity index (χ2n) is 5.72. The summed E-state index contributed by atoms with van der Waals surface area (Å²) in [6, 6.07) is -2.25. The Balaban J connectivity index is 1.59. The highest BCUT2D eigenvalue weighted by molar-refractivity contribution is 7.80. The Morgan fingerprint density at radius 3 is 2.71 bits per heavy atom. The molecule has 3 N–H and O–H groups in total. The lowest BCUT2D eigenvalue weighted by molar-refractivity contribution is -0.143. The van der Waals surface area contributed by atoms with E-state index in [-0.39, 0.29) is 31.8 Å². The fourth-order valence-electron chi connectivity index (χ4n) is 2.98. The molecule has 3 rings (SSSR count). The summed E-state index contributed by atoms with van der Waals surface area (Å²) in [6.45, 7) is 0.375. The lowest BCUT2D eigenvalue weighted by Gasteiger charge is -2.29. The van der Waals surface area contributed by atoms with Crippen molar-refractivity contribution in [1.82, 2.24) is 20.8 Å². The fraction of sp³-hybridized carbons (Fsp3) is 0.727. The van der Waals surface area contributed by atoms with E-state index in [1.165, 1.54) is 0 Å². The van der Waals surface area contributed by atoms with Gasteiger partial charge in [0.25, 0.3) is 5.91 Å². The third-order valence-electron chi connectivity index (χ3n) is 4.07. The molecule has 0 spiro atoms. The van der Waals surface area contributed by atoms with Crippen LogP contribution in [-0.4, -0.2) is 72.1 Å². The smallest absolute Gasteiger partial charge is 0.353 e. The van der Waals surface area contributed by atoms with Gasteiger partial charge in [-0.25, -0.2) is 10.3 Å². The van der Waals surface area contributed by atoms with Crippen LogP contribution in [0.15, 0.2) is 0 Å². The number of nitrogens with one attached hydrogen (secondary N) is 2. The Kier molecular flexibility index (Phi) is 4.33. The lowest BCUT2D eigenvalue weighted by Crippen LogP contribution is -2.50. The van der Waals surface area contributed by atoms with Gasteiger partial charge in [0, 0.05) is 13.1 Å². The van der Waals surface area contributed by atoms with Crippen LogP contribution in [0.3, 0.4) is 0 Å². The van der Waals surface area contributed by atoms with Crippen molar-refractivity contribution < 1.29 is 36.5 Å². The molecule has 3 saturated heterocycles. The van der Waals surface area contributed by atoms with Gasteiger partial charge in [0.1, 0.15) is 12.1 Å². The number of hydroxylamine groups is 3. The molecule has 3 heterocycles. The van der Waals surface area contributed by atoms with E-state index in [9.17, 15) is 22.8 Å². The van der Waals surface area contributed by atoms with Gasteiger partial charge in [-0.2, -0.15) is 13.5 Å². The Bertz CT molecular complexity index is 667. The molecule has 1 unspecified atom stereocenters. The molecule has 13 heteroatoms. The van der Waals surface area contributed by atoms with Gasteiger partial charge in [-0.1, -0.05) is 0 Å². The molecule has 0 saturated carbocycles. The van der Waals surface area contributed by atoms with Gasteiger partial charge >= 0.3 is 16.4 Å². The zero-order valence-corrected chi connectivity index (χ0v) is 13.2. The van der Waals surface area contributed by atoms with Crippen LogP contribution < -0.4 is 10.8 Å². The van der Waals surface area contributed by atoms with Gasteiger partial charge in [0.05, 0.1) is 12.5 Å². The highest BCUT2D eigenvalue weighted by Gasteiger charge is 2.49. The van der Waals surface area contributed by atoms with Gasteiger partial charge in [-0.15, -0.1) is 4.28 Å². The first-order valence-electron chi connectivity index (χ1n) is 7.23. The molecule has 0 aliphatic carbocycles. The number of carbonyl (C=O) groups excluding carboxylic acids is 3. The first kappa shape index (κ1) is 16.9. The van der Waals surface area contributed by atoms with Crippen molar-refractivity contribution in [3.8, 4) is 0 Å². The highest BCUT2D eigenvalue weighted by Crippen LogP contribution is 2.30. The topological polar surface area (TPSA) is 155 Å². The van der Waals surface area contributed by atoms with Gasteiger partial charge in [0.15, 0.2) is 0 Å². The van der Waals surface area contributed by atoms with E-state index in [0.29, 0.717) is 11.5 Å². The second kappa shape index (κ2) is 6.16. The van der Waals surface area contributed by atoms with Crippen molar-refractivity contribution in [3.63, 3.8) is 0 Å². The van der Waals surface area contributed by atoms with Crippen molar-refractivity contribution in [2.45, 2.75) is 37.5 Å². The summed E-state index contributed by atoms with van der Waals surface area (Å²) >= 11 is 0. The maximum Gasteiger partial charge on any atom is 0.418 e. The molecule has 4 amide bonds. The predicted molar refractivity (Wildman–Crippen MR) is 74.0 cm³/mol. The number of urea groups is 1. The van der Waals surface area contributed by atoms with Crippen LogP contribution in [-0.2, 0) is 29.1 Å². The Morgan fingerprint density at radius 2 is 2.08 bits per heavy atom. The molecular formula is C11H16N4O8S. The van der Waals surface area contributed by atoms with E-state index in [4.69, 9.17) is 9.39 Å². The number of amides is 4. The first-order valence-corrected chi connectivity index (χ1v) is 8.60. The highest BCUT2D eigenvalue weighted by atomic mass is 32.3. The van der Waals surface area contributed by atoms with Crippen molar-refractivity contribution in [3.05, 3.63) is 0 Å². The monoisotopic (exact) mass is 364 g/mol. The minimum atomic E-state index is -4.83. The third-order valence-corrected chi connectivity index (χ3v) is 4.42. The van der Waals surface area contributed by atoms with Crippen LogP contribution in [0.25, 0.3) is 0 Å². The second-order valence-corrected chi connectivity index (χ2v) is 6.73. The molecule has 0 aromatic rings. The van der Waals surface area contributed by atoms with Gasteiger partial charge in [-0.3, -0.25) is 19.0 Å². The van der Waals surface area contributed by atoms with Gasteiger partial charge in [-0.05, 0) is 12.8 Å². The molecule has 3 atom stereocenters. The van der Waals surface area contributed by atoms with Crippen LogP contribution in [0, 0.1) is 0 Å². The standard InChI is InChI=1S/C11H16N4O8S/c16-9-3-7(4-12-9)22-13-10(17)8-2-1-6-5-14(8)11(18)15(6)23-24(19,20)21/h6-8H,1-5H2,(H,12,16)(H,13,17)(H,19,20,21)/t6-,7?,8+/m1/s1. The predicted octanol–water partition coefficient (Wildman–Crippen LogP) is -2.07. The summed E-state index contributed by atoms with van der Waals surface area (Å²) in [5.41, 5.74) is 2.23. The van der Waals surface area contributed by atoms with E-state index >= 15 is 0 Å². The Hall–Kier alpha value is -1.96. The van der Waals surface area contributed by atoms with Crippen molar-refractivity contribution in [1.29, 1.82) is 0 Å². The quantitative estimate of drug-likeness (QED) is 0.371. The molecule has 2 bridgehead atoms. The summed E-state index contributed by atoms with van der Waals surface area (Å²) in [5, 5.41) is 3.11. The normalized spacial score (nSPS) is 29.8. The number of hydrogen-bond acceptors (Lipinski definition) is 7. The molecule has 0 aromatic carbocycles. The minimum Gasteiger partial charge on any atom is -0.353 e. The summed E-state index contributed by atoms with van der Waals surface area (Å²) < 4.78 is 34.6. The van der Waals surface area contributed by atoms with Crippen molar-refractivity contribution in [2.75, 3.05) is 13.1 Å². The Labute approximate surface area is 136 Å². The van der Waals surface area contributed by atoms with Crippen LogP contribution in [0.5, 0.6) is 0 Å². The van der Waals surface area contributed by atoms with Crippen LogP contribution in [0.2, 0.25) is 0 Å². The zero-order valence-electron chi connectivity index (χ0n) is 12.4. The maximum absolute atomic E-state index is 12.2. The molecule has 3 fully saturated rings. The SMILES string of the molecule is O=C1CC(ONC(=O)[C@@H]2CC[C@@H]3CN2C(=O)N3OS(=O)(=O)O)CN1. The van der Waals surface area contributed by atoms with Gasteiger partial charge < -0.3 is 10.2 Å². The Morgan fingerprint density at radius 1 is 1.33 bits per heavy atom. The van der Waals surface area contributed by atoms with Crippen LogP contribution in [0.1, 0.15) is 19.3 Å². The molecule has 134 valence electrons. The molecule has 0 radical (unpaired) electrons. The maximum atomic E-state index is 12.2. The van der Waals surface area contributed by atoms with Crippen LogP contribution >= 0.6 is 0 Å². The largest absolute Gasteiger partial charge is 0.418 e. The number of piperidine rings is 1. The summed E-state index contributed by atoms with van der Waals surface area (Å²) in [5.74, 6) is -0.752. The summed E-state index contributed by atoms with van der Waals surface area (Å²) in [4.78, 5) is 41.7. The number of fused-ring (bicyclic) bond motifs is 2. The van der Waals surface area contributed by atoms with Crippen molar-refractivity contribution >= 4 is 28.2 Å². The summed E-state index contributed by atoms with van der Waals surface area (Å²) in [6.07, 6.45) is 0.246. The third kappa shape index (κ3) is 3.43. The van der Waals surface area contributed by atoms with Crippen LogP contribution in [0.4, 0.5) is 4.79 Å².